The van der Waals surface area contributed by atoms with Gasteiger partial charge in [0.2, 0.25) is 0 Å². The lowest BCUT2D eigenvalue weighted by Gasteiger charge is -2.33. The Hall–Kier alpha value is -3.98. The standard InChI is InChI=1S/C32H29NO2/c1-2-35-30(34)23-32(33-31(26-15-5-3-6-16-26)27-17-7-4-8-18-27)28-19-11-9-13-24(28)21-22-25-14-10-12-20-29(25)32/h3-20H,2,21-23H2,1H3. The number of carbonyl (C=O) groups is 1. The summed E-state index contributed by atoms with van der Waals surface area (Å²) in [5.74, 6) is -0.247. The van der Waals surface area contributed by atoms with E-state index < -0.39 is 5.54 Å². The summed E-state index contributed by atoms with van der Waals surface area (Å²) in [4.78, 5) is 18.8. The summed E-state index contributed by atoms with van der Waals surface area (Å²) >= 11 is 0. The van der Waals surface area contributed by atoms with Gasteiger partial charge >= 0.3 is 5.97 Å². The van der Waals surface area contributed by atoms with Crippen molar-refractivity contribution in [2.75, 3.05) is 6.61 Å². The van der Waals surface area contributed by atoms with Crippen molar-refractivity contribution in [3.63, 3.8) is 0 Å². The lowest BCUT2D eigenvalue weighted by atomic mass is 9.77. The predicted molar refractivity (Wildman–Crippen MR) is 141 cm³/mol. The van der Waals surface area contributed by atoms with Gasteiger partial charge in [-0.15, -0.1) is 0 Å². The van der Waals surface area contributed by atoms with Gasteiger partial charge in [0.15, 0.2) is 0 Å². The summed E-state index contributed by atoms with van der Waals surface area (Å²) in [6.45, 7) is 2.19. The SMILES string of the molecule is CCOC(=O)CC1(N=C(c2ccccc2)c2ccccc2)c2ccccc2CCc2ccccc21. The zero-order chi connectivity index (χ0) is 24.1. The number of ether oxygens (including phenoxy) is 1. The molecule has 4 aromatic rings. The minimum absolute atomic E-state index is 0.137. The van der Waals surface area contributed by atoms with Gasteiger partial charge in [0.05, 0.1) is 18.7 Å². The van der Waals surface area contributed by atoms with Crippen molar-refractivity contribution in [3.8, 4) is 0 Å². The van der Waals surface area contributed by atoms with E-state index in [1.54, 1.807) is 0 Å². The molecule has 0 atom stereocenters. The van der Waals surface area contributed by atoms with Crippen LogP contribution in [0, 0.1) is 0 Å². The summed E-state index contributed by atoms with van der Waals surface area (Å²) in [5, 5.41) is 0. The predicted octanol–water partition coefficient (Wildman–Crippen LogP) is 6.52. The summed E-state index contributed by atoms with van der Waals surface area (Å²) < 4.78 is 5.53. The van der Waals surface area contributed by atoms with Crippen LogP contribution in [0.25, 0.3) is 0 Å². The third-order valence-corrected chi connectivity index (χ3v) is 6.69. The van der Waals surface area contributed by atoms with Gasteiger partial charge in [0, 0.05) is 11.1 Å². The van der Waals surface area contributed by atoms with Crippen LogP contribution in [0.4, 0.5) is 0 Å². The van der Waals surface area contributed by atoms with Crippen molar-refractivity contribution in [1.29, 1.82) is 0 Å². The molecule has 0 unspecified atom stereocenters. The average molecular weight is 460 g/mol. The summed E-state index contributed by atoms with van der Waals surface area (Å²) in [6.07, 6.45) is 1.94. The minimum atomic E-state index is -0.906. The second-order valence-electron chi connectivity index (χ2n) is 8.85. The molecule has 1 aliphatic rings. The Kier molecular flexibility index (Phi) is 6.58. The number of esters is 1. The Morgan fingerprint density at radius 1 is 0.714 bits per heavy atom. The molecule has 0 radical (unpaired) electrons. The monoisotopic (exact) mass is 459 g/mol. The maximum Gasteiger partial charge on any atom is 0.308 e. The van der Waals surface area contributed by atoms with Gasteiger partial charge in [-0.1, -0.05) is 109 Å². The van der Waals surface area contributed by atoms with Crippen molar-refractivity contribution in [2.24, 2.45) is 4.99 Å². The van der Waals surface area contributed by atoms with Crippen molar-refractivity contribution in [2.45, 2.75) is 31.7 Å². The van der Waals surface area contributed by atoms with Gasteiger partial charge in [0.25, 0.3) is 0 Å². The molecular weight excluding hydrogens is 430 g/mol. The van der Waals surface area contributed by atoms with Crippen molar-refractivity contribution in [1.82, 2.24) is 0 Å². The average Bonchev–Trinajstić information content (AvgIpc) is 3.04. The molecule has 4 aromatic carbocycles. The van der Waals surface area contributed by atoms with Crippen LogP contribution in [0.15, 0.2) is 114 Å². The lowest BCUT2D eigenvalue weighted by Crippen LogP contribution is -2.32. The highest BCUT2D eigenvalue weighted by Crippen LogP contribution is 2.44. The fourth-order valence-corrected chi connectivity index (χ4v) is 5.15. The first-order valence-corrected chi connectivity index (χ1v) is 12.2. The number of nitrogens with zero attached hydrogens (tertiary/aromatic N) is 1. The lowest BCUT2D eigenvalue weighted by molar-refractivity contribution is -0.144. The van der Waals surface area contributed by atoms with E-state index in [0.717, 1.165) is 40.8 Å². The van der Waals surface area contributed by atoms with Crippen molar-refractivity contribution in [3.05, 3.63) is 143 Å². The van der Waals surface area contributed by atoms with E-state index in [9.17, 15) is 4.79 Å². The first kappa shape index (κ1) is 22.8. The molecule has 0 saturated carbocycles. The van der Waals surface area contributed by atoms with Crippen molar-refractivity contribution >= 4 is 11.7 Å². The number of aryl methyl sites for hydroxylation is 2. The van der Waals surface area contributed by atoms with E-state index >= 15 is 0 Å². The maximum absolute atomic E-state index is 13.2. The van der Waals surface area contributed by atoms with Gasteiger partial charge in [-0.25, -0.2) is 0 Å². The molecule has 0 fully saturated rings. The van der Waals surface area contributed by atoms with Gasteiger partial charge in [0.1, 0.15) is 5.54 Å². The number of rotatable bonds is 6. The van der Waals surface area contributed by atoms with Crippen LogP contribution in [0.5, 0.6) is 0 Å². The molecule has 3 heteroatoms. The third-order valence-electron chi connectivity index (χ3n) is 6.69. The Balaban J connectivity index is 1.86. The molecule has 0 spiro atoms. The third kappa shape index (κ3) is 4.54. The molecule has 3 nitrogen and oxygen atoms in total. The van der Waals surface area contributed by atoms with Gasteiger partial charge < -0.3 is 4.74 Å². The highest BCUT2D eigenvalue weighted by molar-refractivity contribution is 6.13. The summed E-state index contributed by atoms with van der Waals surface area (Å²) in [5.41, 5.74) is 6.57. The largest absolute Gasteiger partial charge is 0.466 e. The molecule has 0 bridgehead atoms. The fourth-order valence-electron chi connectivity index (χ4n) is 5.15. The van der Waals surface area contributed by atoms with Gasteiger partial charge in [-0.05, 0) is 42.0 Å². The molecular formula is C32H29NO2. The number of carbonyl (C=O) groups excluding carboxylic acids is 1. The normalized spacial score (nSPS) is 13.6. The topological polar surface area (TPSA) is 38.7 Å². The van der Waals surface area contributed by atoms with Crippen LogP contribution in [-0.4, -0.2) is 18.3 Å². The van der Waals surface area contributed by atoms with Crippen molar-refractivity contribution < 1.29 is 9.53 Å². The molecule has 5 rings (SSSR count). The Morgan fingerprint density at radius 2 is 1.17 bits per heavy atom. The summed E-state index contributed by atoms with van der Waals surface area (Å²) in [7, 11) is 0. The highest BCUT2D eigenvalue weighted by Gasteiger charge is 2.42. The van der Waals surface area contributed by atoms with E-state index in [2.05, 4.69) is 60.7 Å². The minimum Gasteiger partial charge on any atom is -0.466 e. The Bertz CT molecular complexity index is 1250. The number of hydrogen-bond acceptors (Lipinski definition) is 3. The molecule has 0 saturated heterocycles. The number of aliphatic imine (C=N–C) groups is 1. The molecule has 0 aromatic heterocycles. The van der Waals surface area contributed by atoms with Gasteiger partial charge in [-0.3, -0.25) is 9.79 Å². The molecule has 35 heavy (non-hydrogen) atoms. The fraction of sp³-hybridized carbons (Fsp3) is 0.188. The Labute approximate surface area is 207 Å². The van der Waals surface area contributed by atoms with Crippen LogP contribution >= 0.6 is 0 Å². The second kappa shape index (κ2) is 10.1. The van der Waals surface area contributed by atoms with Crippen LogP contribution in [0.3, 0.4) is 0 Å². The zero-order valence-corrected chi connectivity index (χ0v) is 20.0. The van der Waals surface area contributed by atoms with E-state index in [1.165, 1.54) is 11.1 Å². The van der Waals surface area contributed by atoms with Gasteiger partial charge in [-0.2, -0.15) is 0 Å². The summed E-state index contributed by atoms with van der Waals surface area (Å²) in [6, 6.07) is 37.3. The molecule has 1 aliphatic carbocycles. The molecule has 0 amide bonds. The van der Waals surface area contributed by atoms with E-state index in [0.29, 0.717) is 6.61 Å². The number of fused-ring (bicyclic) bond motifs is 2. The number of hydrogen-bond donors (Lipinski definition) is 0. The van der Waals surface area contributed by atoms with Crippen LogP contribution in [0.1, 0.15) is 46.7 Å². The van der Waals surface area contributed by atoms with E-state index in [-0.39, 0.29) is 12.4 Å². The maximum atomic E-state index is 13.2. The highest BCUT2D eigenvalue weighted by atomic mass is 16.5. The quantitative estimate of drug-likeness (QED) is 0.243. The van der Waals surface area contributed by atoms with Crippen LogP contribution < -0.4 is 0 Å². The zero-order valence-electron chi connectivity index (χ0n) is 20.0. The van der Waals surface area contributed by atoms with E-state index in [1.807, 2.05) is 55.5 Å². The molecule has 0 aliphatic heterocycles. The smallest absolute Gasteiger partial charge is 0.308 e. The number of benzene rings is 4. The first-order valence-electron chi connectivity index (χ1n) is 12.2. The first-order chi connectivity index (χ1) is 17.2. The molecule has 0 N–H and O–H groups in total. The molecule has 174 valence electrons. The van der Waals surface area contributed by atoms with Crippen LogP contribution in [0.2, 0.25) is 0 Å². The van der Waals surface area contributed by atoms with E-state index in [4.69, 9.17) is 9.73 Å². The molecule has 0 heterocycles. The Morgan fingerprint density at radius 3 is 1.66 bits per heavy atom. The van der Waals surface area contributed by atoms with Crippen LogP contribution in [-0.2, 0) is 27.9 Å². The second-order valence-corrected chi connectivity index (χ2v) is 8.85.